The Kier molecular flexibility index (Phi) is 4.08. The number of ketones is 1. The summed E-state index contributed by atoms with van der Waals surface area (Å²) in [6.07, 6.45) is 3.68. The first-order valence-electron chi connectivity index (χ1n) is 9.99. The summed E-state index contributed by atoms with van der Waals surface area (Å²) >= 11 is 0. The van der Waals surface area contributed by atoms with Crippen molar-refractivity contribution in [2.75, 3.05) is 4.90 Å². The molecular weight excluding hydrogens is 398 g/mol. The van der Waals surface area contributed by atoms with Gasteiger partial charge < -0.3 is 4.90 Å². The molecule has 0 saturated carbocycles. The van der Waals surface area contributed by atoms with E-state index in [1.54, 1.807) is 6.20 Å². The zero-order chi connectivity index (χ0) is 22.0. The number of amides is 2. The van der Waals surface area contributed by atoms with Gasteiger partial charge in [-0.05, 0) is 37.1 Å². The molecule has 0 aromatic heterocycles. The predicted molar refractivity (Wildman–Crippen MR) is 112 cm³/mol. The molecule has 2 amide bonds. The number of rotatable bonds is 3. The fourth-order valence-corrected chi connectivity index (χ4v) is 5.31. The average Bonchev–Trinajstić information content (AvgIpc) is 3.21. The highest BCUT2D eigenvalue weighted by Gasteiger charge is 2.64. The molecule has 156 valence electrons. The Hall–Kier alpha value is -3.81. The van der Waals surface area contributed by atoms with Crippen molar-refractivity contribution in [2.24, 2.45) is 11.8 Å². The van der Waals surface area contributed by atoms with Gasteiger partial charge in [-0.3, -0.25) is 24.5 Å². The van der Waals surface area contributed by atoms with Gasteiger partial charge in [0.1, 0.15) is 0 Å². The van der Waals surface area contributed by atoms with Crippen LogP contribution >= 0.6 is 0 Å². The minimum atomic E-state index is -0.843. The Morgan fingerprint density at radius 3 is 2.45 bits per heavy atom. The van der Waals surface area contributed by atoms with E-state index in [2.05, 4.69) is 0 Å². The molecule has 0 N–H and O–H groups in total. The number of nitro groups is 1. The lowest BCUT2D eigenvalue weighted by molar-refractivity contribution is -0.385. The molecule has 2 aromatic carbocycles. The van der Waals surface area contributed by atoms with Crippen LogP contribution in [0, 0.1) is 28.9 Å². The number of Topliss-reactive ketones (excluding diaryl/α,β-unsaturated/α-hetero) is 1. The van der Waals surface area contributed by atoms with Gasteiger partial charge in [0.15, 0.2) is 5.78 Å². The zero-order valence-electron chi connectivity index (χ0n) is 16.9. The second-order valence-electron chi connectivity index (χ2n) is 8.13. The van der Waals surface area contributed by atoms with Crippen molar-refractivity contribution < 1.29 is 19.3 Å². The molecule has 0 aliphatic carbocycles. The van der Waals surface area contributed by atoms with Crippen molar-refractivity contribution in [1.29, 1.82) is 0 Å². The van der Waals surface area contributed by atoms with Gasteiger partial charge in [0.05, 0.1) is 40.1 Å². The van der Waals surface area contributed by atoms with Crippen LogP contribution in [0.4, 0.5) is 11.4 Å². The number of anilines is 1. The summed E-state index contributed by atoms with van der Waals surface area (Å²) in [5.41, 5.74) is 2.12. The molecular formula is C23H19N3O5. The summed E-state index contributed by atoms with van der Waals surface area (Å²) in [7, 11) is 0. The summed E-state index contributed by atoms with van der Waals surface area (Å²) in [6.45, 7) is 2.95. The number of nitrogens with zero attached hydrogens (tertiary/aromatic N) is 3. The number of hydrogen-bond acceptors (Lipinski definition) is 6. The van der Waals surface area contributed by atoms with Crippen LogP contribution in [0.1, 0.15) is 29.7 Å². The van der Waals surface area contributed by atoms with Crippen molar-refractivity contribution >= 4 is 35.0 Å². The number of hydrogen-bond donors (Lipinski definition) is 0. The van der Waals surface area contributed by atoms with Gasteiger partial charge in [0.2, 0.25) is 11.8 Å². The highest BCUT2D eigenvalue weighted by Crippen LogP contribution is 2.53. The molecule has 0 spiro atoms. The topological polar surface area (TPSA) is 101 Å². The number of carbonyl (C=O) groups is 3. The third kappa shape index (κ3) is 2.51. The second kappa shape index (κ2) is 6.60. The average molecular weight is 417 g/mol. The summed E-state index contributed by atoms with van der Waals surface area (Å²) in [5, 5.41) is 11.4. The Morgan fingerprint density at radius 2 is 1.74 bits per heavy atom. The third-order valence-electron chi connectivity index (χ3n) is 6.59. The van der Waals surface area contributed by atoms with Gasteiger partial charge in [0, 0.05) is 12.3 Å². The highest BCUT2D eigenvalue weighted by atomic mass is 16.6. The first-order chi connectivity index (χ1) is 14.8. The minimum absolute atomic E-state index is 0.161. The molecule has 3 aliphatic rings. The molecule has 5 rings (SSSR count). The van der Waals surface area contributed by atoms with E-state index < -0.39 is 40.7 Å². The van der Waals surface area contributed by atoms with Crippen molar-refractivity contribution in [3.63, 3.8) is 0 Å². The molecule has 2 aromatic rings. The monoisotopic (exact) mass is 417 g/mol. The number of imide groups is 1. The van der Waals surface area contributed by atoms with Crippen LogP contribution in [0.5, 0.6) is 0 Å². The second-order valence-corrected chi connectivity index (χ2v) is 8.13. The Morgan fingerprint density at radius 1 is 1.03 bits per heavy atom. The fraction of sp³-hybridized carbons (Fsp3) is 0.261. The van der Waals surface area contributed by atoms with E-state index >= 15 is 0 Å². The van der Waals surface area contributed by atoms with Crippen LogP contribution in [0.3, 0.4) is 0 Å². The van der Waals surface area contributed by atoms with Crippen molar-refractivity contribution in [3.05, 3.63) is 75.5 Å². The summed E-state index contributed by atoms with van der Waals surface area (Å²) in [5.74, 6) is -2.70. The van der Waals surface area contributed by atoms with Gasteiger partial charge in [-0.2, -0.15) is 0 Å². The maximum absolute atomic E-state index is 13.6. The largest absolute Gasteiger partial charge is 0.359 e. The quantitative estimate of drug-likeness (QED) is 0.432. The first-order valence-corrected chi connectivity index (χ1v) is 9.99. The minimum Gasteiger partial charge on any atom is -0.359 e. The van der Waals surface area contributed by atoms with E-state index in [9.17, 15) is 24.5 Å². The zero-order valence-corrected chi connectivity index (χ0v) is 16.9. The number of benzene rings is 2. The lowest BCUT2D eigenvalue weighted by Gasteiger charge is -2.35. The lowest BCUT2D eigenvalue weighted by atomic mass is 9.84. The number of carbonyl (C=O) groups excluding carboxylic acids is 3. The van der Waals surface area contributed by atoms with Crippen LogP contribution < -0.4 is 4.90 Å². The van der Waals surface area contributed by atoms with Crippen LogP contribution in [0.15, 0.2) is 48.7 Å². The molecule has 0 bridgehead atoms. The van der Waals surface area contributed by atoms with Gasteiger partial charge in [-0.15, -0.1) is 0 Å². The van der Waals surface area contributed by atoms with E-state index in [1.165, 1.54) is 32.0 Å². The standard InChI is InChI=1S/C23H19N3O5/c1-12-16(8-5-9-17(12)26(30)31)25-22(28)18-19(23(25)29)21-15-7-4-3-6-14(15)10-11-24(21)20(18)13(2)27/h3-11,18-21H,1-2H3/t18-,19-,20-,21-/m1/s1. The number of fused-ring (bicyclic) bond motifs is 5. The van der Waals surface area contributed by atoms with Gasteiger partial charge in [0.25, 0.3) is 5.69 Å². The highest BCUT2D eigenvalue weighted by molar-refractivity contribution is 6.24. The molecule has 8 nitrogen and oxygen atoms in total. The van der Waals surface area contributed by atoms with Gasteiger partial charge in [-0.1, -0.05) is 30.3 Å². The molecule has 3 heterocycles. The third-order valence-corrected chi connectivity index (χ3v) is 6.59. The SMILES string of the molecule is CC(=O)[C@@H]1[C@@H]2C(=O)N(c3cccc([N+](=O)[O-])c3C)C(=O)[C@H]2[C@H]2c3ccccc3C=CN12. The lowest BCUT2D eigenvalue weighted by Crippen LogP contribution is -2.43. The summed E-state index contributed by atoms with van der Waals surface area (Å²) < 4.78 is 0. The van der Waals surface area contributed by atoms with E-state index in [0.717, 1.165) is 16.0 Å². The molecule has 8 heteroatoms. The normalized spacial score (nSPS) is 26.0. The molecule has 2 fully saturated rings. The summed E-state index contributed by atoms with van der Waals surface area (Å²) in [6, 6.07) is 10.7. The van der Waals surface area contributed by atoms with Gasteiger partial charge >= 0.3 is 0 Å². The molecule has 4 atom stereocenters. The molecule has 0 unspecified atom stereocenters. The van der Waals surface area contributed by atoms with E-state index in [0.29, 0.717) is 0 Å². The molecule has 31 heavy (non-hydrogen) atoms. The first kappa shape index (κ1) is 19.2. The Labute approximate surface area is 177 Å². The molecule has 0 radical (unpaired) electrons. The van der Waals surface area contributed by atoms with E-state index in [-0.39, 0.29) is 22.7 Å². The van der Waals surface area contributed by atoms with E-state index in [1.807, 2.05) is 35.2 Å². The van der Waals surface area contributed by atoms with Crippen LogP contribution in [-0.4, -0.2) is 33.5 Å². The Bertz CT molecular complexity index is 1200. The molecule has 2 saturated heterocycles. The van der Waals surface area contributed by atoms with Crippen molar-refractivity contribution in [2.45, 2.75) is 25.9 Å². The molecule has 3 aliphatic heterocycles. The Balaban J connectivity index is 1.66. The van der Waals surface area contributed by atoms with Crippen molar-refractivity contribution in [1.82, 2.24) is 4.90 Å². The van der Waals surface area contributed by atoms with Crippen LogP contribution in [0.25, 0.3) is 6.08 Å². The van der Waals surface area contributed by atoms with Gasteiger partial charge in [-0.25, -0.2) is 4.90 Å². The smallest absolute Gasteiger partial charge is 0.274 e. The predicted octanol–water partition coefficient (Wildman–Crippen LogP) is 3.01. The number of nitro benzene ring substituents is 1. The summed E-state index contributed by atoms with van der Waals surface area (Å²) in [4.78, 5) is 53.5. The fourth-order valence-electron chi connectivity index (χ4n) is 5.31. The van der Waals surface area contributed by atoms with E-state index in [4.69, 9.17) is 0 Å². The maximum atomic E-state index is 13.6. The van der Waals surface area contributed by atoms with Crippen LogP contribution in [0.2, 0.25) is 0 Å². The van der Waals surface area contributed by atoms with Crippen LogP contribution in [-0.2, 0) is 14.4 Å². The maximum Gasteiger partial charge on any atom is 0.274 e. The van der Waals surface area contributed by atoms with Crippen molar-refractivity contribution in [3.8, 4) is 0 Å².